The third-order valence-corrected chi connectivity index (χ3v) is 7.30. The van der Waals surface area contributed by atoms with Crippen LogP contribution in [0, 0.1) is 12.3 Å². The van der Waals surface area contributed by atoms with E-state index in [0.717, 1.165) is 23.7 Å². The molecule has 3 rings (SSSR count). The number of sulfonamides is 1. The highest BCUT2D eigenvalue weighted by Crippen LogP contribution is 2.40. The van der Waals surface area contributed by atoms with Crippen LogP contribution in [0.1, 0.15) is 36.8 Å². The van der Waals surface area contributed by atoms with Crippen LogP contribution in [0.4, 0.5) is 5.69 Å². The van der Waals surface area contributed by atoms with Gasteiger partial charge in [0, 0.05) is 18.4 Å². The summed E-state index contributed by atoms with van der Waals surface area (Å²) in [5, 5.41) is 0. The van der Waals surface area contributed by atoms with Crippen LogP contribution in [-0.2, 0) is 26.0 Å². The summed E-state index contributed by atoms with van der Waals surface area (Å²) in [6, 6.07) is 14.2. The minimum atomic E-state index is -3.74. The fourth-order valence-electron chi connectivity index (χ4n) is 3.81. The van der Waals surface area contributed by atoms with Gasteiger partial charge < -0.3 is 9.59 Å². The standard InChI is InChI=1S/C22H25NO4S/c1-18-8-10-20(11-9-18)28(26,27)23-14-13-22(17-25,12-4-5-15-24)16-19-6-2-3-7-21(19)23/h2-3,6-11,15,17H,4-5,12-14,16H2,1H3. The Hall–Kier alpha value is -2.47. The van der Waals surface area contributed by atoms with Crippen LogP contribution >= 0.6 is 0 Å². The molecule has 0 amide bonds. The summed E-state index contributed by atoms with van der Waals surface area (Å²) in [6.07, 6.45) is 4.31. The molecular formula is C22H25NO4S. The molecule has 1 aliphatic heterocycles. The summed E-state index contributed by atoms with van der Waals surface area (Å²) < 4.78 is 28.2. The van der Waals surface area contributed by atoms with Crippen molar-refractivity contribution in [3.8, 4) is 0 Å². The van der Waals surface area contributed by atoms with E-state index in [9.17, 15) is 18.0 Å². The van der Waals surface area contributed by atoms with Crippen molar-refractivity contribution in [2.45, 2.75) is 43.9 Å². The molecule has 2 aromatic rings. The normalized spacial score (nSPS) is 19.5. The minimum Gasteiger partial charge on any atom is -0.303 e. The molecule has 0 fully saturated rings. The molecule has 2 aromatic carbocycles. The van der Waals surface area contributed by atoms with Crippen molar-refractivity contribution in [2.75, 3.05) is 10.8 Å². The van der Waals surface area contributed by atoms with Crippen LogP contribution < -0.4 is 4.31 Å². The Morgan fingerprint density at radius 1 is 1.07 bits per heavy atom. The lowest BCUT2D eigenvalue weighted by atomic mass is 9.76. The SMILES string of the molecule is Cc1ccc(S(=O)(=O)N2CCC(C=O)(CCCC=O)Cc3ccccc32)cc1. The first-order chi connectivity index (χ1) is 13.4. The van der Waals surface area contributed by atoms with Gasteiger partial charge in [0.15, 0.2) is 0 Å². The molecule has 0 aromatic heterocycles. The molecule has 6 heteroatoms. The lowest BCUT2D eigenvalue weighted by molar-refractivity contribution is -0.117. The van der Waals surface area contributed by atoms with Gasteiger partial charge >= 0.3 is 0 Å². The molecule has 1 heterocycles. The molecule has 1 unspecified atom stereocenters. The number of nitrogens with zero attached hydrogens (tertiary/aromatic N) is 1. The number of fused-ring (bicyclic) bond motifs is 1. The fourth-order valence-corrected chi connectivity index (χ4v) is 5.32. The molecule has 148 valence electrons. The third kappa shape index (κ3) is 4.02. The van der Waals surface area contributed by atoms with E-state index < -0.39 is 15.4 Å². The molecule has 0 saturated carbocycles. The van der Waals surface area contributed by atoms with Crippen LogP contribution in [0.25, 0.3) is 0 Å². The zero-order valence-electron chi connectivity index (χ0n) is 16.0. The summed E-state index contributed by atoms with van der Waals surface area (Å²) in [6.45, 7) is 2.14. The Morgan fingerprint density at radius 2 is 1.79 bits per heavy atom. The monoisotopic (exact) mass is 399 g/mol. The number of aryl methyl sites for hydroxylation is 1. The summed E-state index contributed by atoms with van der Waals surface area (Å²) in [5.74, 6) is 0. The predicted octanol–water partition coefficient (Wildman–Crippen LogP) is 3.69. The maximum Gasteiger partial charge on any atom is 0.264 e. The smallest absolute Gasteiger partial charge is 0.264 e. The highest BCUT2D eigenvalue weighted by atomic mass is 32.2. The average molecular weight is 400 g/mol. The maximum absolute atomic E-state index is 13.4. The van der Waals surface area contributed by atoms with Gasteiger partial charge in [-0.05, 0) is 56.4 Å². The van der Waals surface area contributed by atoms with Gasteiger partial charge in [0.2, 0.25) is 0 Å². The summed E-state index contributed by atoms with van der Waals surface area (Å²) >= 11 is 0. The van der Waals surface area contributed by atoms with Gasteiger partial charge in [-0.3, -0.25) is 4.31 Å². The van der Waals surface area contributed by atoms with E-state index in [2.05, 4.69) is 0 Å². The number of carbonyl (C=O) groups is 2. The first-order valence-electron chi connectivity index (χ1n) is 9.49. The van der Waals surface area contributed by atoms with E-state index in [1.54, 1.807) is 30.3 Å². The maximum atomic E-state index is 13.4. The van der Waals surface area contributed by atoms with E-state index in [1.807, 2.05) is 25.1 Å². The van der Waals surface area contributed by atoms with Gasteiger partial charge in [-0.2, -0.15) is 0 Å². The fraction of sp³-hybridized carbons (Fsp3) is 0.364. The van der Waals surface area contributed by atoms with Gasteiger partial charge in [0.05, 0.1) is 10.6 Å². The second-order valence-electron chi connectivity index (χ2n) is 7.48. The van der Waals surface area contributed by atoms with Gasteiger partial charge in [-0.1, -0.05) is 35.9 Å². The topological polar surface area (TPSA) is 71.5 Å². The number of unbranched alkanes of at least 4 members (excludes halogenated alkanes) is 1. The lowest BCUT2D eigenvalue weighted by Crippen LogP contribution is -2.34. The summed E-state index contributed by atoms with van der Waals surface area (Å²) in [7, 11) is -3.74. The number of carbonyl (C=O) groups excluding carboxylic acids is 2. The first-order valence-corrected chi connectivity index (χ1v) is 10.9. The van der Waals surface area contributed by atoms with E-state index in [0.29, 0.717) is 37.8 Å². The Labute approximate surface area is 166 Å². The molecule has 0 saturated heterocycles. The van der Waals surface area contributed by atoms with Gasteiger partial charge in [-0.25, -0.2) is 8.42 Å². The molecule has 0 aliphatic carbocycles. The van der Waals surface area contributed by atoms with E-state index in [4.69, 9.17) is 0 Å². The Balaban J connectivity index is 2.01. The zero-order chi connectivity index (χ0) is 20.2. The average Bonchev–Trinajstić information content (AvgIpc) is 2.86. The van der Waals surface area contributed by atoms with Gasteiger partial charge in [0.1, 0.15) is 12.6 Å². The third-order valence-electron chi connectivity index (χ3n) is 5.47. The van der Waals surface area contributed by atoms with Gasteiger partial charge in [0.25, 0.3) is 10.0 Å². The van der Waals surface area contributed by atoms with Crippen molar-refractivity contribution >= 4 is 28.3 Å². The molecule has 1 aliphatic rings. The van der Waals surface area contributed by atoms with Crippen molar-refractivity contribution in [1.29, 1.82) is 0 Å². The van der Waals surface area contributed by atoms with Crippen molar-refractivity contribution in [3.63, 3.8) is 0 Å². The number of anilines is 1. The van der Waals surface area contributed by atoms with Crippen molar-refractivity contribution in [3.05, 3.63) is 59.7 Å². The van der Waals surface area contributed by atoms with E-state index in [-0.39, 0.29) is 11.4 Å². The van der Waals surface area contributed by atoms with Crippen LogP contribution in [0.15, 0.2) is 53.4 Å². The molecule has 0 spiro atoms. The lowest BCUT2D eigenvalue weighted by Gasteiger charge is -2.27. The molecule has 0 bridgehead atoms. The number of para-hydroxylation sites is 1. The second kappa shape index (κ2) is 8.27. The number of hydrogen-bond acceptors (Lipinski definition) is 4. The highest BCUT2D eigenvalue weighted by molar-refractivity contribution is 7.92. The molecule has 5 nitrogen and oxygen atoms in total. The number of hydrogen-bond donors (Lipinski definition) is 0. The Kier molecular flexibility index (Phi) is 5.98. The zero-order valence-corrected chi connectivity index (χ0v) is 16.8. The number of benzene rings is 2. The van der Waals surface area contributed by atoms with Crippen LogP contribution in [0.5, 0.6) is 0 Å². The molecule has 0 radical (unpaired) electrons. The van der Waals surface area contributed by atoms with Crippen LogP contribution in [0.2, 0.25) is 0 Å². The Bertz CT molecular complexity index is 953. The first kappa shape index (κ1) is 20.3. The van der Waals surface area contributed by atoms with Crippen LogP contribution in [-0.4, -0.2) is 27.5 Å². The Morgan fingerprint density at radius 3 is 2.46 bits per heavy atom. The van der Waals surface area contributed by atoms with Crippen LogP contribution in [0.3, 0.4) is 0 Å². The number of rotatable bonds is 7. The van der Waals surface area contributed by atoms with Gasteiger partial charge in [-0.15, -0.1) is 0 Å². The predicted molar refractivity (Wildman–Crippen MR) is 109 cm³/mol. The molecule has 0 N–H and O–H groups in total. The minimum absolute atomic E-state index is 0.229. The number of aldehydes is 2. The molecular weight excluding hydrogens is 374 g/mol. The summed E-state index contributed by atoms with van der Waals surface area (Å²) in [4.78, 5) is 23.0. The largest absolute Gasteiger partial charge is 0.303 e. The van der Waals surface area contributed by atoms with Crippen molar-refractivity contribution in [1.82, 2.24) is 0 Å². The molecule has 1 atom stereocenters. The van der Waals surface area contributed by atoms with Crippen molar-refractivity contribution < 1.29 is 18.0 Å². The second-order valence-corrected chi connectivity index (χ2v) is 9.35. The quantitative estimate of drug-likeness (QED) is 0.526. The highest BCUT2D eigenvalue weighted by Gasteiger charge is 2.37. The van der Waals surface area contributed by atoms with E-state index >= 15 is 0 Å². The van der Waals surface area contributed by atoms with E-state index in [1.165, 1.54) is 4.31 Å². The summed E-state index contributed by atoms with van der Waals surface area (Å²) in [5.41, 5.74) is 1.80. The van der Waals surface area contributed by atoms with Crippen molar-refractivity contribution in [2.24, 2.45) is 5.41 Å². The molecule has 28 heavy (non-hydrogen) atoms.